The summed E-state index contributed by atoms with van der Waals surface area (Å²) in [5, 5.41) is 4.66. The molecule has 1 aromatic heterocycles. The van der Waals surface area contributed by atoms with Crippen molar-refractivity contribution in [3.63, 3.8) is 0 Å². The summed E-state index contributed by atoms with van der Waals surface area (Å²) in [7, 11) is 0. The Labute approximate surface area is 243 Å². The van der Waals surface area contributed by atoms with Crippen LogP contribution in [0.5, 0.6) is 0 Å². The van der Waals surface area contributed by atoms with Gasteiger partial charge in [0.2, 0.25) is 0 Å². The maximum absolute atomic E-state index is 13.5. The Morgan fingerprint density at radius 2 is 2.00 bits per heavy atom. The normalized spacial score (nSPS) is 23.1. The van der Waals surface area contributed by atoms with Crippen molar-refractivity contribution < 1.29 is 32.2 Å². The van der Waals surface area contributed by atoms with E-state index in [4.69, 9.17) is 21.1 Å². The molecular formula is C28H26ClF3N4O4S. The van der Waals surface area contributed by atoms with Crippen LogP contribution in [0.3, 0.4) is 0 Å². The van der Waals surface area contributed by atoms with Gasteiger partial charge in [-0.25, -0.2) is 0 Å². The first kappa shape index (κ1) is 28.2. The minimum absolute atomic E-state index is 0.00824. The first-order valence-electron chi connectivity index (χ1n) is 13.2. The molecule has 6 rings (SSSR count). The molecule has 3 aliphatic rings. The van der Waals surface area contributed by atoms with Crippen LogP contribution in [-0.2, 0) is 27.0 Å². The van der Waals surface area contributed by atoms with Crippen molar-refractivity contribution in [2.75, 3.05) is 39.5 Å². The summed E-state index contributed by atoms with van der Waals surface area (Å²) in [6.07, 6.45) is -0.830. The van der Waals surface area contributed by atoms with Crippen molar-refractivity contribution in [2.24, 2.45) is 0 Å². The molecule has 41 heavy (non-hydrogen) atoms. The highest BCUT2D eigenvalue weighted by molar-refractivity contribution is 8.18. The fourth-order valence-electron chi connectivity index (χ4n) is 5.37. The lowest BCUT2D eigenvalue weighted by Crippen LogP contribution is -2.55. The standard InChI is InChI=1S/C28H26ClF3N4O4S/c29-20-3-2-18(23(11-20)28(30,31)32)13-36-24-4-1-17(9-19(24)12-33-36)10-25-26(37)35(27(38)41-25)6-5-22-14-34-7-8-39-15-21(34)16-40-22/h1-4,9-12,21-22H,5-8,13-16H2. The number of amides is 2. The lowest BCUT2D eigenvalue weighted by molar-refractivity contribution is -0.138. The number of alkyl halides is 3. The van der Waals surface area contributed by atoms with E-state index in [1.807, 2.05) is 0 Å². The van der Waals surface area contributed by atoms with E-state index < -0.39 is 11.7 Å². The summed E-state index contributed by atoms with van der Waals surface area (Å²) in [6.45, 7) is 3.73. The molecule has 216 valence electrons. The third-order valence-electron chi connectivity index (χ3n) is 7.52. The number of fused-ring (bicyclic) bond motifs is 2. The van der Waals surface area contributed by atoms with E-state index in [2.05, 4.69) is 10.00 Å². The number of carbonyl (C=O) groups excluding carboxylic acids is 2. The number of hydrogen-bond donors (Lipinski definition) is 0. The van der Waals surface area contributed by atoms with Gasteiger partial charge in [0, 0.05) is 30.0 Å². The first-order valence-corrected chi connectivity index (χ1v) is 14.3. The zero-order valence-corrected chi connectivity index (χ0v) is 23.3. The van der Waals surface area contributed by atoms with Gasteiger partial charge in [-0.1, -0.05) is 23.7 Å². The Kier molecular flexibility index (Phi) is 7.86. The molecule has 13 heteroatoms. The number of benzene rings is 2. The Balaban J connectivity index is 1.13. The Morgan fingerprint density at radius 1 is 1.15 bits per heavy atom. The fraction of sp³-hybridized carbons (Fsp3) is 0.393. The van der Waals surface area contributed by atoms with Gasteiger partial charge in [-0.05, 0) is 59.7 Å². The summed E-state index contributed by atoms with van der Waals surface area (Å²) in [5.74, 6) is -0.349. The Bertz CT molecular complexity index is 1530. The van der Waals surface area contributed by atoms with Crippen LogP contribution in [0.15, 0.2) is 47.5 Å². The van der Waals surface area contributed by atoms with Gasteiger partial charge >= 0.3 is 6.18 Å². The second-order valence-electron chi connectivity index (χ2n) is 10.2. The van der Waals surface area contributed by atoms with Gasteiger partial charge in [0.15, 0.2) is 0 Å². The summed E-state index contributed by atoms with van der Waals surface area (Å²) >= 11 is 6.69. The molecule has 8 nitrogen and oxygen atoms in total. The van der Waals surface area contributed by atoms with Crippen molar-refractivity contribution in [2.45, 2.75) is 31.3 Å². The number of halogens is 4. The van der Waals surface area contributed by atoms with Crippen molar-refractivity contribution >= 4 is 51.5 Å². The number of ether oxygens (including phenoxy) is 2. The third kappa shape index (κ3) is 6.02. The van der Waals surface area contributed by atoms with Crippen molar-refractivity contribution in [1.29, 1.82) is 0 Å². The molecule has 2 atom stereocenters. The molecule has 0 saturated carbocycles. The second kappa shape index (κ2) is 11.4. The van der Waals surface area contributed by atoms with Gasteiger partial charge in [0.1, 0.15) is 0 Å². The van der Waals surface area contributed by atoms with Crippen molar-refractivity contribution in [1.82, 2.24) is 19.6 Å². The maximum Gasteiger partial charge on any atom is 0.416 e. The van der Waals surface area contributed by atoms with E-state index >= 15 is 0 Å². The van der Waals surface area contributed by atoms with Crippen LogP contribution in [-0.4, -0.2) is 82.3 Å². The number of aromatic nitrogens is 2. The SMILES string of the molecule is O=C1SC(=Cc2ccc3c(cnn3Cc3ccc(Cl)cc3C(F)(F)F)c2)C(=O)N1CCC1CN2CCOCC2CO1. The second-order valence-corrected chi connectivity index (χ2v) is 11.7. The van der Waals surface area contributed by atoms with E-state index in [-0.39, 0.29) is 47.0 Å². The molecule has 0 spiro atoms. The number of imide groups is 1. The molecule has 2 amide bonds. The van der Waals surface area contributed by atoms with E-state index in [0.717, 1.165) is 30.9 Å². The smallest absolute Gasteiger partial charge is 0.378 e. The average Bonchev–Trinajstić information content (AvgIpc) is 3.46. The summed E-state index contributed by atoms with van der Waals surface area (Å²) < 4.78 is 53.6. The van der Waals surface area contributed by atoms with Crippen LogP contribution in [0.1, 0.15) is 23.1 Å². The quantitative estimate of drug-likeness (QED) is 0.353. The third-order valence-corrected chi connectivity index (χ3v) is 8.66. The molecule has 2 unspecified atom stereocenters. The largest absolute Gasteiger partial charge is 0.416 e. The van der Waals surface area contributed by atoms with Gasteiger partial charge in [0.05, 0.1) is 60.7 Å². The molecule has 3 aliphatic heterocycles. The van der Waals surface area contributed by atoms with E-state index in [1.165, 1.54) is 21.7 Å². The summed E-state index contributed by atoms with van der Waals surface area (Å²) in [6, 6.07) is 9.21. The van der Waals surface area contributed by atoms with Crippen LogP contribution < -0.4 is 0 Å². The van der Waals surface area contributed by atoms with Crippen molar-refractivity contribution in [3.05, 3.63) is 69.2 Å². The van der Waals surface area contributed by atoms with Gasteiger partial charge < -0.3 is 9.47 Å². The van der Waals surface area contributed by atoms with Gasteiger partial charge in [-0.15, -0.1) is 0 Å². The average molecular weight is 607 g/mol. The molecule has 0 aliphatic carbocycles. The van der Waals surface area contributed by atoms with Crippen molar-refractivity contribution in [3.8, 4) is 0 Å². The van der Waals surface area contributed by atoms with E-state index in [0.29, 0.717) is 47.6 Å². The number of morpholine rings is 2. The molecule has 0 bridgehead atoms. The zero-order chi connectivity index (χ0) is 28.7. The fourth-order valence-corrected chi connectivity index (χ4v) is 6.41. The first-order chi connectivity index (χ1) is 19.7. The monoisotopic (exact) mass is 606 g/mol. The predicted molar refractivity (Wildman–Crippen MR) is 149 cm³/mol. The van der Waals surface area contributed by atoms with E-state index in [1.54, 1.807) is 30.5 Å². The minimum Gasteiger partial charge on any atom is -0.378 e. The molecule has 0 radical (unpaired) electrons. The highest BCUT2D eigenvalue weighted by Gasteiger charge is 2.37. The molecule has 3 aromatic rings. The number of nitrogens with zero attached hydrogens (tertiary/aromatic N) is 4. The van der Waals surface area contributed by atoms with Crippen LogP contribution >= 0.6 is 23.4 Å². The Hall–Kier alpha value is -2.90. The number of thioether (sulfide) groups is 1. The highest BCUT2D eigenvalue weighted by atomic mass is 35.5. The van der Waals surface area contributed by atoms with E-state index in [9.17, 15) is 22.8 Å². The van der Waals surface area contributed by atoms with Crippen LogP contribution in [0.2, 0.25) is 5.02 Å². The van der Waals surface area contributed by atoms with Gasteiger partial charge in [-0.2, -0.15) is 18.3 Å². The summed E-state index contributed by atoms with van der Waals surface area (Å²) in [4.78, 5) is 29.6. The molecular weight excluding hydrogens is 581 g/mol. The predicted octanol–water partition coefficient (Wildman–Crippen LogP) is 5.28. The minimum atomic E-state index is -4.55. The number of rotatable bonds is 6. The molecule has 3 fully saturated rings. The van der Waals surface area contributed by atoms with Crippen LogP contribution in [0.25, 0.3) is 17.0 Å². The molecule has 4 heterocycles. The maximum atomic E-state index is 13.5. The van der Waals surface area contributed by atoms with Gasteiger partial charge in [-0.3, -0.25) is 24.1 Å². The molecule has 0 N–H and O–H groups in total. The van der Waals surface area contributed by atoms with Gasteiger partial charge in [0.25, 0.3) is 11.1 Å². The molecule has 3 saturated heterocycles. The Morgan fingerprint density at radius 3 is 2.83 bits per heavy atom. The lowest BCUT2D eigenvalue weighted by Gasteiger charge is -2.42. The molecule has 2 aromatic carbocycles. The summed E-state index contributed by atoms with van der Waals surface area (Å²) in [5.41, 5.74) is 0.557. The zero-order valence-electron chi connectivity index (χ0n) is 21.8. The lowest BCUT2D eigenvalue weighted by atomic mass is 10.1. The van der Waals surface area contributed by atoms with Crippen LogP contribution in [0, 0.1) is 0 Å². The number of hydrogen-bond acceptors (Lipinski definition) is 7. The van der Waals surface area contributed by atoms with Crippen LogP contribution in [0.4, 0.5) is 18.0 Å². The topological polar surface area (TPSA) is 76.9 Å². The number of carbonyl (C=O) groups is 2. The highest BCUT2D eigenvalue weighted by Crippen LogP contribution is 2.35.